The fraction of sp³-hybridized carbons (Fsp3) is 0.308. The fourth-order valence-electron chi connectivity index (χ4n) is 1.83. The molecule has 0 amide bonds. The average molecular weight is 233 g/mol. The summed E-state index contributed by atoms with van der Waals surface area (Å²) in [5, 5.41) is 12.3. The second-order valence-electron chi connectivity index (χ2n) is 3.96. The van der Waals surface area contributed by atoms with Crippen LogP contribution in [-0.4, -0.2) is 10.1 Å². The lowest BCUT2D eigenvalue weighted by atomic mass is 10.0. The topological polar surface area (TPSA) is 33.1 Å². The van der Waals surface area contributed by atoms with E-state index in [1.807, 2.05) is 44.4 Å². The van der Waals surface area contributed by atoms with E-state index in [1.165, 1.54) is 0 Å². The number of hydrogen-bond acceptors (Lipinski definition) is 3. The maximum absolute atomic E-state index is 10.3. The van der Waals surface area contributed by atoms with E-state index in [1.54, 1.807) is 11.3 Å². The van der Waals surface area contributed by atoms with Crippen molar-refractivity contribution in [3.8, 4) is 0 Å². The van der Waals surface area contributed by atoms with Crippen molar-refractivity contribution in [3.05, 3.63) is 51.0 Å². The van der Waals surface area contributed by atoms with Gasteiger partial charge in [0.05, 0.1) is 0 Å². The first-order valence-corrected chi connectivity index (χ1v) is 6.13. The van der Waals surface area contributed by atoms with E-state index in [9.17, 15) is 5.11 Å². The summed E-state index contributed by atoms with van der Waals surface area (Å²) in [6.45, 7) is 5.92. The van der Waals surface area contributed by atoms with E-state index >= 15 is 0 Å². The molecule has 0 fully saturated rings. The van der Waals surface area contributed by atoms with Gasteiger partial charge in [-0.2, -0.15) is 0 Å². The maximum atomic E-state index is 10.3. The molecule has 2 rings (SSSR count). The van der Waals surface area contributed by atoms with Gasteiger partial charge in [0, 0.05) is 21.8 Å². The van der Waals surface area contributed by atoms with Gasteiger partial charge in [-0.25, -0.2) is 0 Å². The molecule has 1 N–H and O–H groups in total. The minimum absolute atomic E-state index is 0.556. The van der Waals surface area contributed by atoms with Crippen molar-refractivity contribution in [2.24, 2.45) is 0 Å². The van der Waals surface area contributed by atoms with E-state index in [-0.39, 0.29) is 0 Å². The molecule has 0 saturated heterocycles. The first kappa shape index (κ1) is 11.3. The number of aromatic nitrogens is 1. The lowest BCUT2D eigenvalue weighted by Crippen LogP contribution is -2.04. The van der Waals surface area contributed by atoms with Crippen molar-refractivity contribution in [1.82, 2.24) is 4.98 Å². The molecule has 16 heavy (non-hydrogen) atoms. The number of rotatable bonds is 2. The Morgan fingerprint density at radius 1 is 1.12 bits per heavy atom. The van der Waals surface area contributed by atoms with Crippen LogP contribution in [0.4, 0.5) is 0 Å². The van der Waals surface area contributed by atoms with E-state index in [2.05, 4.69) is 4.98 Å². The largest absolute Gasteiger partial charge is 0.384 e. The second-order valence-corrected chi connectivity index (χ2v) is 5.08. The van der Waals surface area contributed by atoms with Crippen molar-refractivity contribution in [2.45, 2.75) is 26.9 Å². The van der Waals surface area contributed by atoms with Crippen molar-refractivity contribution >= 4 is 11.3 Å². The van der Waals surface area contributed by atoms with Crippen LogP contribution in [0.25, 0.3) is 0 Å². The predicted molar refractivity (Wildman–Crippen MR) is 66.8 cm³/mol. The standard InChI is InChI=1S/C13H15NOS/c1-8-4-5-11(9(2)14-8)13(15)12-6-7-16-10(12)3/h4-7,13,15H,1-3H3. The van der Waals surface area contributed by atoms with Gasteiger partial charge in [0.15, 0.2) is 0 Å². The molecular formula is C13H15NOS. The Morgan fingerprint density at radius 3 is 2.44 bits per heavy atom. The fourth-order valence-corrected chi connectivity index (χ4v) is 2.57. The molecule has 3 heteroatoms. The van der Waals surface area contributed by atoms with Gasteiger partial charge in [-0.05, 0) is 43.8 Å². The third-order valence-corrected chi connectivity index (χ3v) is 3.62. The second kappa shape index (κ2) is 4.36. The third kappa shape index (κ3) is 2.01. The van der Waals surface area contributed by atoms with Crippen LogP contribution in [0.2, 0.25) is 0 Å². The Bertz CT molecular complexity index is 504. The normalized spacial score (nSPS) is 12.8. The summed E-state index contributed by atoms with van der Waals surface area (Å²) in [6, 6.07) is 5.87. The number of aliphatic hydroxyl groups excluding tert-OH is 1. The maximum Gasteiger partial charge on any atom is 0.107 e. The highest BCUT2D eigenvalue weighted by atomic mass is 32.1. The average Bonchev–Trinajstić information content (AvgIpc) is 2.63. The van der Waals surface area contributed by atoms with Gasteiger partial charge < -0.3 is 5.11 Å². The highest BCUT2D eigenvalue weighted by Gasteiger charge is 2.16. The number of pyridine rings is 1. The van der Waals surface area contributed by atoms with Gasteiger partial charge in [-0.15, -0.1) is 11.3 Å². The van der Waals surface area contributed by atoms with Crippen LogP contribution in [-0.2, 0) is 0 Å². The molecule has 2 nitrogen and oxygen atoms in total. The molecular weight excluding hydrogens is 218 g/mol. The molecule has 2 aromatic heterocycles. The summed E-state index contributed by atoms with van der Waals surface area (Å²) >= 11 is 1.66. The molecule has 0 aromatic carbocycles. The van der Waals surface area contributed by atoms with Gasteiger partial charge in [-0.1, -0.05) is 6.07 Å². The van der Waals surface area contributed by atoms with E-state index in [0.717, 1.165) is 27.4 Å². The smallest absolute Gasteiger partial charge is 0.107 e. The van der Waals surface area contributed by atoms with Crippen LogP contribution < -0.4 is 0 Å². The Kier molecular flexibility index (Phi) is 3.08. The summed E-state index contributed by atoms with van der Waals surface area (Å²) in [6.07, 6.45) is -0.556. The molecule has 2 heterocycles. The third-order valence-electron chi connectivity index (χ3n) is 2.75. The van der Waals surface area contributed by atoms with Crippen molar-refractivity contribution < 1.29 is 5.11 Å². The lowest BCUT2D eigenvalue weighted by Gasteiger charge is -2.13. The number of nitrogens with zero attached hydrogens (tertiary/aromatic N) is 1. The predicted octanol–water partition coefficient (Wildman–Crippen LogP) is 3.15. The summed E-state index contributed by atoms with van der Waals surface area (Å²) in [7, 11) is 0. The van der Waals surface area contributed by atoms with Crippen LogP contribution in [0.5, 0.6) is 0 Å². The van der Waals surface area contributed by atoms with Gasteiger partial charge in [0.1, 0.15) is 6.10 Å². The zero-order valence-electron chi connectivity index (χ0n) is 9.69. The zero-order chi connectivity index (χ0) is 11.7. The molecule has 0 radical (unpaired) electrons. The quantitative estimate of drug-likeness (QED) is 0.864. The molecule has 0 aliphatic carbocycles. The molecule has 84 valence electrons. The highest BCUT2D eigenvalue weighted by molar-refractivity contribution is 7.10. The Balaban J connectivity index is 2.41. The zero-order valence-corrected chi connectivity index (χ0v) is 10.5. The summed E-state index contributed by atoms with van der Waals surface area (Å²) in [5.41, 5.74) is 3.76. The van der Waals surface area contributed by atoms with Gasteiger partial charge >= 0.3 is 0 Å². The highest BCUT2D eigenvalue weighted by Crippen LogP contribution is 2.29. The minimum Gasteiger partial charge on any atom is -0.384 e. The molecule has 0 saturated carbocycles. The molecule has 0 aliphatic rings. The number of hydrogen-bond donors (Lipinski definition) is 1. The molecule has 0 bridgehead atoms. The molecule has 0 spiro atoms. The Hall–Kier alpha value is -1.19. The number of thiophene rings is 1. The SMILES string of the molecule is Cc1ccc(C(O)c2ccsc2C)c(C)n1. The van der Waals surface area contributed by atoms with Crippen LogP contribution >= 0.6 is 11.3 Å². The van der Waals surface area contributed by atoms with Gasteiger partial charge in [0.25, 0.3) is 0 Å². The van der Waals surface area contributed by atoms with Gasteiger partial charge in [-0.3, -0.25) is 4.98 Å². The van der Waals surface area contributed by atoms with Crippen molar-refractivity contribution in [3.63, 3.8) is 0 Å². The Labute approximate surface area is 99.6 Å². The van der Waals surface area contributed by atoms with Crippen LogP contribution in [0.3, 0.4) is 0 Å². The summed E-state index contributed by atoms with van der Waals surface area (Å²) < 4.78 is 0. The van der Waals surface area contributed by atoms with Crippen molar-refractivity contribution in [2.75, 3.05) is 0 Å². The molecule has 1 unspecified atom stereocenters. The number of aliphatic hydroxyl groups is 1. The number of aryl methyl sites for hydroxylation is 3. The van der Waals surface area contributed by atoms with E-state index in [0.29, 0.717) is 0 Å². The summed E-state index contributed by atoms with van der Waals surface area (Å²) in [5.74, 6) is 0. The van der Waals surface area contributed by atoms with Crippen LogP contribution in [0.1, 0.15) is 33.5 Å². The first-order chi connectivity index (χ1) is 7.59. The van der Waals surface area contributed by atoms with Crippen LogP contribution in [0.15, 0.2) is 23.6 Å². The molecule has 1 atom stereocenters. The van der Waals surface area contributed by atoms with E-state index in [4.69, 9.17) is 0 Å². The summed E-state index contributed by atoms with van der Waals surface area (Å²) in [4.78, 5) is 5.54. The molecule has 2 aromatic rings. The molecule has 0 aliphatic heterocycles. The first-order valence-electron chi connectivity index (χ1n) is 5.26. The Morgan fingerprint density at radius 2 is 1.88 bits per heavy atom. The monoisotopic (exact) mass is 233 g/mol. The van der Waals surface area contributed by atoms with Crippen LogP contribution in [0, 0.1) is 20.8 Å². The van der Waals surface area contributed by atoms with E-state index < -0.39 is 6.10 Å². The van der Waals surface area contributed by atoms with Gasteiger partial charge in [0.2, 0.25) is 0 Å². The lowest BCUT2D eigenvalue weighted by molar-refractivity contribution is 0.219. The minimum atomic E-state index is -0.556. The van der Waals surface area contributed by atoms with Crippen molar-refractivity contribution in [1.29, 1.82) is 0 Å².